The van der Waals surface area contributed by atoms with Crippen molar-refractivity contribution in [1.29, 1.82) is 0 Å². The van der Waals surface area contributed by atoms with Gasteiger partial charge in [0.25, 0.3) is 0 Å². The summed E-state index contributed by atoms with van der Waals surface area (Å²) in [7, 11) is 0. The number of aromatic nitrogens is 3. The van der Waals surface area contributed by atoms with Gasteiger partial charge in [0.05, 0.1) is 16.6 Å². The van der Waals surface area contributed by atoms with Crippen LogP contribution in [0.25, 0.3) is 0 Å². The fraction of sp³-hybridized carbons (Fsp3) is 0.429. The molecular formula is C14H16Cl2N4. The first-order valence-electron chi connectivity index (χ1n) is 6.68. The second-order valence-corrected chi connectivity index (χ2v) is 6.07. The van der Waals surface area contributed by atoms with Crippen molar-refractivity contribution in [1.82, 2.24) is 20.1 Å². The van der Waals surface area contributed by atoms with E-state index in [4.69, 9.17) is 23.2 Å². The van der Waals surface area contributed by atoms with Gasteiger partial charge in [-0.15, -0.1) is 0 Å². The Labute approximate surface area is 128 Å². The highest BCUT2D eigenvalue weighted by Gasteiger charge is 2.35. The molecule has 0 spiro atoms. The molecule has 2 aromatic rings. The van der Waals surface area contributed by atoms with Crippen molar-refractivity contribution >= 4 is 23.2 Å². The van der Waals surface area contributed by atoms with E-state index in [1.54, 1.807) is 12.7 Å². The van der Waals surface area contributed by atoms with E-state index in [0.29, 0.717) is 10.0 Å². The van der Waals surface area contributed by atoms with Crippen LogP contribution < -0.4 is 5.32 Å². The van der Waals surface area contributed by atoms with Crippen molar-refractivity contribution in [2.45, 2.75) is 24.8 Å². The van der Waals surface area contributed by atoms with E-state index in [0.717, 1.165) is 32.5 Å². The summed E-state index contributed by atoms with van der Waals surface area (Å²) in [4.78, 5) is 4.03. The predicted molar refractivity (Wildman–Crippen MR) is 80.3 cm³/mol. The first-order chi connectivity index (χ1) is 9.70. The highest BCUT2D eigenvalue weighted by Crippen LogP contribution is 2.37. The molecule has 1 N–H and O–H groups in total. The van der Waals surface area contributed by atoms with Gasteiger partial charge in [0.2, 0.25) is 0 Å². The molecule has 1 aromatic heterocycles. The van der Waals surface area contributed by atoms with Crippen LogP contribution in [0.2, 0.25) is 10.0 Å². The molecule has 6 heteroatoms. The zero-order valence-corrected chi connectivity index (χ0v) is 12.5. The second kappa shape index (κ2) is 5.72. The minimum atomic E-state index is 0.0349. The number of hydrogen-bond donors (Lipinski definition) is 1. The van der Waals surface area contributed by atoms with Gasteiger partial charge >= 0.3 is 0 Å². The molecule has 0 atom stereocenters. The van der Waals surface area contributed by atoms with E-state index >= 15 is 0 Å². The summed E-state index contributed by atoms with van der Waals surface area (Å²) in [6, 6.07) is 5.95. The summed E-state index contributed by atoms with van der Waals surface area (Å²) >= 11 is 12.2. The molecule has 3 rings (SSSR count). The Balaban J connectivity index is 1.97. The van der Waals surface area contributed by atoms with Crippen LogP contribution in [0.5, 0.6) is 0 Å². The quantitative estimate of drug-likeness (QED) is 0.948. The van der Waals surface area contributed by atoms with Gasteiger partial charge in [-0.1, -0.05) is 29.3 Å². The van der Waals surface area contributed by atoms with E-state index in [2.05, 4.69) is 21.5 Å². The molecule has 0 unspecified atom stereocenters. The predicted octanol–water partition coefficient (Wildman–Crippen LogP) is 2.91. The van der Waals surface area contributed by atoms with Gasteiger partial charge in [0.1, 0.15) is 12.7 Å². The molecule has 0 saturated carbocycles. The van der Waals surface area contributed by atoms with Gasteiger partial charge in [-0.2, -0.15) is 5.10 Å². The van der Waals surface area contributed by atoms with Gasteiger partial charge in [-0.25, -0.2) is 4.98 Å². The number of rotatable bonds is 3. The lowest BCUT2D eigenvalue weighted by molar-refractivity contribution is 0.259. The molecule has 0 amide bonds. The lowest BCUT2D eigenvalue weighted by Crippen LogP contribution is -2.42. The van der Waals surface area contributed by atoms with Crippen molar-refractivity contribution < 1.29 is 0 Å². The van der Waals surface area contributed by atoms with Crippen molar-refractivity contribution in [3.05, 3.63) is 46.5 Å². The highest BCUT2D eigenvalue weighted by molar-refractivity contribution is 6.42. The molecule has 0 bridgehead atoms. The first-order valence-corrected chi connectivity index (χ1v) is 7.44. The highest BCUT2D eigenvalue weighted by atomic mass is 35.5. The monoisotopic (exact) mass is 310 g/mol. The van der Waals surface area contributed by atoms with Crippen LogP contribution in [0.1, 0.15) is 18.4 Å². The Morgan fingerprint density at radius 1 is 1.20 bits per heavy atom. The number of piperidine rings is 1. The van der Waals surface area contributed by atoms with E-state index < -0.39 is 0 Å². The maximum Gasteiger partial charge on any atom is 0.137 e. The Kier molecular flexibility index (Phi) is 3.96. The topological polar surface area (TPSA) is 42.7 Å². The van der Waals surface area contributed by atoms with Gasteiger partial charge in [0.15, 0.2) is 0 Å². The average Bonchev–Trinajstić information content (AvgIpc) is 2.95. The average molecular weight is 311 g/mol. The molecular weight excluding hydrogens is 295 g/mol. The van der Waals surface area contributed by atoms with Crippen LogP contribution >= 0.6 is 23.2 Å². The van der Waals surface area contributed by atoms with Crippen molar-refractivity contribution in [3.63, 3.8) is 0 Å². The Bertz CT molecular complexity index is 577. The van der Waals surface area contributed by atoms with Crippen LogP contribution in [0.15, 0.2) is 30.9 Å². The second-order valence-electron chi connectivity index (χ2n) is 5.25. The summed E-state index contributed by atoms with van der Waals surface area (Å²) in [5.41, 5.74) is 1.26. The summed E-state index contributed by atoms with van der Waals surface area (Å²) in [5.74, 6) is 0. The van der Waals surface area contributed by atoms with Crippen LogP contribution in [-0.4, -0.2) is 27.9 Å². The number of halogens is 2. The van der Waals surface area contributed by atoms with Crippen LogP contribution in [0.3, 0.4) is 0 Å². The summed E-state index contributed by atoms with van der Waals surface area (Å²) < 4.78 is 1.90. The maximum absolute atomic E-state index is 6.19. The summed E-state index contributed by atoms with van der Waals surface area (Å²) in [6.45, 7) is 2.80. The van der Waals surface area contributed by atoms with Crippen LogP contribution in [0.4, 0.5) is 0 Å². The molecule has 0 radical (unpaired) electrons. The third-order valence-electron chi connectivity index (χ3n) is 4.02. The Morgan fingerprint density at radius 2 is 2.00 bits per heavy atom. The largest absolute Gasteiger partial charge is 0.317 e. The lowest BCUT2D eigenvalue weighted by atomic mass is 9.73. The molecule has 106 valence electrons. The van der Waals surface area contributed by atoms with Gasteiger partial charge < -0.3 is 5.32 Å². The number of nitrogens with zero attached hydrogens (tertiary/aromatic N) is 3. The van der Waals surface area contributed by atoms with Crippen molar-refractivity contribution in [2.75, 3.05) is 13.1 Å². The van der Waals surface area contributed by atoms with Gasteiger partial charge in [-0.05, 0) is 43.6 Å². The minimum absolute atomic E-state index is 0.0349. The molecule has 0 aliphatic carbocycles. The molecule has 20 heavy (non-hydrogen) atoms. The molecule has 1 aromatic carbocycles. The van der Waals surface area contributed by atoms with Gasteiger partial charge in [0, 0.05) is 5.41 Å². The third kappa shape index (κ3) is 2.68. The Hall–Kier alpha value is -1.10. The summed E-state index contributed by atoms with van der Waals surface area (Å²) in [5, 5.41) is 8.87. The molecule has 2 heterocycles. The Morgan fingerprint density at radius 3 is 2.65 bits per heavy atom. The molecule has 1 saturated heterocycles. The summed E-state index contributed by atoms with van der Waals surface area (Å²) in [6.07, 6.45) is 5.43. The standard InChI is InChI=1S/C14H16Cl2N4/c15-12-2-1-11(7-13(12)16)14(3-5-17-6-4-14)8-20-10-18-9-19-20/h1-2,7,9-10,17H,3-6,8H2. The smallest absolute Gasteiger partial charge is 0.137 e. The number of nitrogens with one attached hydrogen (secondary N) is 1. The fourth-order valence-electron chi connectivity index (χ4n) is 2.89. The zero-order valence-electron chi connectivity index (χ0n) is 11.0. The molecule has 1 fully saturated rings. The van der Waals surface area contributed by atoms with Crippen LogP contribution in [0, 0.1) is 0 Å². The lowest BCUT2D eigenvalue weighted by Gasteiger charge is -2.38. The van der Waals surface area contributed by atoms with Gasteiger partial charge in [-0.3, -0.25) is 4.68 Å². The van der Waals surface area contributed by atoms with Crippen molar-refractivity contribution in [3.8, 4) is 0 Å². The normalized spacial score (nSPS) is 18.1. The number of benzene rings is 1. The van der Waals surface area contributed by atoms with E-state index in [9.17, 15) is 0 Å². The first kappa shape index (κ1) is 13.9. The number of hydrogen-bond acceptors (Lipinski definition) is 3. The van der Waals surface area contributed by atoms with E-state index in [-0.39, 0.29) is 5.41 Å². The van der Waals surface area contributed by atoms with E-state index in [1.807, 2.05) is 16.8 Å². The van der Waals surface area contributed by atoms with Crippen molar-refractivity contribution in [2.24, 2.45) is 0 Å². The van der Waals surface area contributed by atoms with Crippen LogP contribution in [-0.2, 0) is 12.0 Å². The zero-order chi connectivity index (χ0) is 14.0. The molecule has 1 aliphatic heterocycles. The SMILES string of the molecule is Clc1ccc(C2(Cn3cncn3)CCNCC2)cc1Cl. The molecule has 1 aliphatic rings. The third-order valence-corrected chi connectivity index (χ3v) is 4.76. The molecule has 4 nitrogen and oxygen atoms in total. The minimum Gasteiger partial charge on any atom is -0.317 e. The fourth-order valence-corrected chi connectivity index (χ4v) is 3.19. The van der Waals surface area contributed by atoms with E-state index in [1.165, 1.54) is 5.56 Å². The maximum atomic E-state index is 6.19.